The van der Waals surface area contributed by atoms with Crippen LogP contribution < -0.4 is 10.6 Å². The van der Waals surface area contributed by atoms with E-state index in [0.717, 1.165) is 25.8 Å². The molecular formula is C12H13BrClFN2O. The van der Waals surface area contributed by atoms with Gasteiger partial charge in [0.25, 0.3) is 0 Å². The average molecular weight is 336 g/mol. The van der Waals surface area contributed by atoms with Crippen molar-refractivity contribution >= 4 is 39.1 Å². The van der Waals surface area contributed by atoms with Crippen LogP contribution in [0.15, 0.2) is 16.6 Å². The van der Waals surface area contributed by atoms with Crippen molar-refractivity contribution in [2.45, 2.75) is 25.3 Å². The lowest BCUT2D eigenvalue weighted by Gasteiger charge is -2.23. The van der Waals surface area contributed by atoms with Gasteiger partial charge in [-0.05, 0) is 47.4 Å². The van der Waals surface area contributed by atoms with Gasteiger partial charge in [0.15, 0.2) is 0 Å². The first-order valence-corrected chi connectivity index (χ1v) is 6.94. The Hall–Kier alpha value is -0.650. The predicted molar refractivity (Wildman–Crippen MR) is 73.4 cm³/mol. The fourth-order valence-corrected chi connectivity index (χ4v) is 2.85. The molecule has 0 saturated carbocycles. The predicted octanol–water partition coefficient (Wildman–Crippen LogP) is 3.32. The molecule has 1 fully saturated rings. The Morgan fingerprint density at radius 3 is 2.89 bits per heavy atom. The highest BCUT2D eigenvalue weighted by atomic mass is 79.9. The van der Waals surface area contributed by atoms with Gasteiger partial charge >= 0.3 is 0 Å². The lowest BCUT2D eigenvalue weighted by Crippen LogP contribution is -2.43. The lowest BCUT2D eigenvalue weighted by atomic mass is 10.0. The summed E-state index contributed by atoms with van der Waals surface area (Å²) in [5.74, 6) is -0.579. The number of rotatable bonds is 2. The average Bonchev–Trinajstić information content (AvgIpc) is 2.34. The number of halogens is 3. The number of nitrogens with one attached hydrogen (secondary N) is 2. The summed E-state index contributed by atoms with van der Waals surface area (Å²) in [6.07, 6.45) is 2.93. The van der Waals surface area contributed by atoms with E-state index in [1.807, 2.05) is 0 Å². The highest BCUT2D eigenvalue weighted by Crippen LogP contribution is 2.31. The van der Waals surface area contributed by atoms with Crippen molar-refractivity contribution in [1.82, 2.24) is 5.32 Å². The zero-order valence-corrected chi connectivity index (χ0v) is 11.9. The van der Waals surface area contributed by atoms with Crippen molar-refractivity contribution in [2.75, 3.05) is 11.9 Å². The largest absolute Gasteiger partial charge is 0.322 e. The summed E-state index contributed by atoms with van der Waals surface area (Å²) in [5.41, 5.74) is 0.412. The third kappa shape index (κ3) is 3.22. The summed E-state index contributed by atoms with van der Waals surface area (Å²) < 4.78 is 13.5. The van der Waals surface area contributed by atoms with Crippen molar-refractivity contribution < 1.29 is 9.18 Å². The quantitative estimate of drug-likeness (QED) is 0.870. The van der Waals surface area contributed by atoms with Crippen LogP contribution in [0.3, 0.4) is 0 Å². The Morgan fingerprint density at radius 2 is 2.28 bits per heavy atom. The zero-order chi connectivity index (χ0) is 13.1. The number of hydrogen-bond acceptors (Lipinski definition) is 2. The van der Waals surface area contributed by atoms with Crippen LogP contribution in [0.5, 0.6) is 0 Å². The fourth-order valence-electron chi connectivity index (χ4n) is 1.95. The molecule has 1 saturated heterocycles. The highest BCUT2D eigenvalue weighted by Gasteiger charge is 2.22. The summed E-state index contributed by atoms with van der Waals surface area (Å²) in [7, 11) is 0. The summed E-state index contributed by atoms with van der Waals surface area (Å²) in [4.78, 5) is 12.0. The fraction of sp³-hybridized carbons (Fsp3) is 0.417. The molecule has 3 nitrogen and oxygen atoms in total. The number of piperidine rings is 1. The second kappa shape index (κ2) is 5.99. The molecule has 1 heterocycles. The summed E-state index contributed by atoms with van der Waals surface area (Å²) in [6, 6.07) is 2.25. The SMILES string of the molecule is O=C(Nc1c(Cl)cc(F)cc1Br)C1CCCCN1. The van der Waals surface area contributed by atoms with Crippen LogP contribution in [0, 0.1) is 5.82 Å². The summed E-state index contributed by atoms with van der Waals surface area (Å²) >= 11 is 9.10. The van der Waals surface area contributed by atoms with Crippen LogP contribution in [0.25, 0.3) is 0 Å². The Labute approximate surface area is 118 Å². The van der Waals surface area contributed by atoms with E-state index in [-0.39, 0.29) is 17.0 Å². The van der Waals surface area contributed by atoms with E-state index in [1.165, 1.54) is 12.1 Å². The third-order valence-electron chi connectivity index (χ3n) is 2.88. The van der Waals surface area contributed by atoms with Crippen LogP contribution in [0.4, 0.5) is 10.1 Å². The van der Waals surface area contributed by atoms with Gasteiger partial charge in [-0.1, -0.05) is 18.0 Å². The number of benzene rings is 1. The van der Waals surface area contributed by atoms with E-state index in [4.69, 9.17) is 11.6 Å². The maximum atomic E-state index is 13.1. The summed E-state index contributed by atoms with van der Waals surface area (Å²) in [5, 5.41) is 6.06. The number of anilines is 1. The molecule has 0 bridgehead atoms. The number of hydrogen-bond donors (Lipinski definition) is 2. The Balaban J connectivity index is 2.11. The van der Waals surface area contributed by atoms with Crippen LogP contribution in [-0.2, 0) is 4.79 Å². The standard InChI is InChI=1S/C12H13BrClFN2O/c13-8-5-7(15)6-9(14)11(8)17-12(18)10-3-1-2-4-16-10/h5-6,10,16H,1-4H2,(H,17,18). The van der Waals surface area contributed by atoms with Gasteiger partial charge in [-0.25, -0.2) is 4.39 Å². The topological polar surface area (TPSA) is 41.1 Å². The maximum Gasteiger partial charge on any atom is 0.241 e. The third-order valence-corrected chi connectivity index (χ3v) is 3.81. The first kappa shape index (κ1) is 13.8. The van der Waals surface area contributed by atoms with E-state index in [0.29, 0.717) is 10.2 Å². The van der Waals surface area contributed by atoms with Crippen LogP contribution >= 0.6 is 27.5 Å². The van der Waals surface area contributed by atoms with Crippen LogP contribution in [0.1, 0.15) is 19.3 Å². The van der Waals surface area contributed by atoms with Crippen molar-refractivity contribution in [3.63, 3.8) is 0 Å². The molecule has 1 unspecified atom stereocenters. The van der Waals surface area contributed by atoms with Gasteiger partial charge in [-0.3, -0.25) is 4.79 Å². The molecule has 2 rings (SSSR count). The second-order valence-electron chi connectivity index (χ2n) is 4.24. The van der Waals surface area contributed by atoms with Crippen LogP contribution in [0.2, 0.25) is 5.02 Å². The van der Waals surface area contributed by atoms with Crippen molar-refractivity contribution in [1.29, 1.82) is 0 Å². The normalized spacial score (nSPS) is 19.6. The molecule has 0 aromatic heterocycles. The molecule has 18 heavy (non-hydrogen) atoms. The van der Waals surface area contributed by atoms with Crippen molar-refractivity contribution in [3.8, 4) is 0 Å². The molecule has 2 N–H and O–H groups in total. The highest BCUT2D eigenvalue weighted by molar-refractivity contribution is 9.10. The van der Waals surface area contributed by atoms with E-state index in [2.05, 4.69) is 26.6 Å². The minimum atomic E-state index is -0.444. The zero-order valence-electron chi connectivity index (χ0n) is 9.60. The molecule has 1 aliphatic rings. The van der Waals surface area contributed by atoms with E-state index >= 15 is 0 Å². The van der Waals surface area contributed by atoms with Crippen LogP contribution in [-0.4, -0.2) is 18.5 Å². The molecule has 0 spiro atoms. The van der Waals surface area contributed by atoms with Gasteiger partial charge in [-0.15, -0.1) is 0 Å². The minimum Gasteiger partial charge on any atom is -0.322 e. The maximum absolute atomic E-state index is 13.1. The molecule has 0 aliphatic carbocycles. The first-order chi connectivity index (χ1) is 8.58. The molecule has 1 atom stereocenters. The van der Waals surface area contributed by atoms with Crippen molar-refractivity contribution in [3.05, 3.63) is 27.4 Å². The van der Waals surface area contributed by atoms with E-state index < -0.39 is 5.82 Å². The minimum absolute atomic E-state index is 0.135. The second-order valence-corrected chi connectivity index (χ2v) is 5.50. The Kier molecular flexibility index (Phi) is 4.59. The molecule has 0 radical (unpaired) electrons. The van der Waals surface area contributed by atoms with Gasteiger partial charge < -0.3 is 10.6 Å². The number of carbonyl (C=O) groups excluding carboxylic acids is 1. The summed E-state index contributed by atoms with van der Waals surface area (Å²) in [6.45, 7) is 0.844. The van der Waals surface area contributed by atoms with E-state index in [1.54, 1.807) is 0 Å². The van der Waals surface area contributed by atoms with Gasteiger partial charge in [0.05, 0.1) is 16.8 Å². The Bertz CT molecular complexity index is 440. The van der Waals surface area contributed by atoms with Crippen molar-refractivity contribution in [2.24, 2.45) is 0 Å². The molecular weight excluding hydrogens is 323 g/mol. The number of amides is 1. The molecule has 1 aromatic carbocycles. The number of carbonyl (C=O) groups is 1. The molecule has 98 valence electrons. The smallest absolute Gasteiger partial charge is 0.241 e. The molecule has 1 aromatic rings. The monoisotopic (exact) mass is 334 g/mol. The molecule has 1 aliphatic heterocycles. The van der Waals surface area contributed by atoms with E-state index in [9.17, 15) is 9.18 Å². The van der Waals surface area contributed by atoms with Gasteiger partial charge in [0.2, 0.25) is 5.91 Å². The molecule has 6 heteroatoms. The molecule has 1 amide bonds. The van der Waals surface area contributed by atoms with Gasteiger partial charge in [0.1, 0.15) is 5.82 Å². The first-order valence-electron chi connectivity index (χ1n) is 5.76. The Morgan fingerprint density at radius 1 is 1.50 bits per heavy atom. The lowest BCUT2D eigenvalue weighted by molar-refractivity contribution is -0.118. The van der Waals surface area contributed by atoms with Gasteiger partial charge in [-0.2, -0.15) is 0 Å². The van der Waals surface area contributed by atoms with Gasteiger partial charge in [0, 0.05) is 4.47 Å².